The van der Waals surface area contributed by atoms with Crippen molar-refractivity contribution < 1.29 is 9.59 Å². The van der Waals surface area contributed by atoms with Crippen molar-refractivity contribution >= 4 is 34.9 Å². The molecule has 3 amide bonds. The van der Waals surface area contributed by atoms with E-state index in [4.69, 9.17) is 11.6 Å². The zero-order chi connectivity index (χ0) is 19.2. The van der Waals surface area contributed by atoms with Crippen LogP contribution in [0.5, 0.6) is 0 Å². The lowest BCUT2D eigenvalue weighted by Gasteiger charge is -2.36. The maximum absolute atomic E-state index is 12.4. The molecule has 2 aromatic rings. The molecule has 0 spiro atoms. The van der Waals surface area contributed by atoms with E-state index in [1.165, 1.54) is 6.92 Å². The SMILES string of the molecule is CC(=O)Nc1cccc(N2CCN(C(=O)NCc3ccccc3Cl)CC2)c1. The van der Waals surface area contributed by atoms with E-state index in [1.54, 1.807) is 0 Å². The average molecular weight is 387 g/mol. The fourth-order valence-corrected chi connectivity index (χ4v) is 3.28. The highest BCUT2D eigenvalue weighted by Gasteiger charge is 2.21. The number of hydrogen-bond donors (Lipinski definition) is 2. The zero-order valence-corrected chi connectivity index (χ0v) is 16.0. The minimum Gasteiger partial charge on any atom is -0.368 e. The summed E-state index contributed by atoms with van der Waals surface area (Å²) < 4.78 is 0. The Balaban J connectivity index is 1.52. The molecule has 1 saturated heterocycles. The van der Waals surface area contributed by atoms with Gasteiger partial charge in [-0.05, 0) is 29.8 Å². The van der Waals surface area contributed by atoms with E-state index < -0.39 is 0 Å². The molecule has 2 aromatic carbocycles. The van der Waals surface area contributed by atoms with Crippen LogP contribution in [0.3, 0.4) is 0 Å². The van der Waals surface area contributed by atoms with Crippen molar-refractivity contribution in [2.24, 2.45) is 0 Å². The number of nitrogens with one attached hydrogen (secondary N) is 2. The fourth-order valence-electron chi connectivity index (χ4n) is 3.08. The molecule has 2 N–H and O–H groups in total. The van der Waals surface area contributed by atoms with E-state index in [9.17, 15) is 9.59 Å². The number of carbonyl (C=O) groups is 2. The van der Waals surface area contributed by atoms with Gasteiger partial charge in [-0.3, -0.25) is 4.79 Å². The number of benzene rings is 2. The Kier molecular flexibility index (Phi) is 6.19. The Labute approximate surface area is 164 Å². The van der Waals surface area contributed by atoms with Gasteiger partial charge in [0.15, 0.2) is 0 Å². The Hall–Kier alpha value is -2.73. The first-order chi connectivity index (χ1) is 13.0. The number of carbonyl (C=O) groups excluding carboxylic acids is 2. The molecule has 0 bridgehead atoms. The summed E-state index contributed by atoms with van der Waals surface area (Å²) >= 11 is 6.13. The molecule has 27 heavy (non-hydrogen) atoms. The van der Waals surface area contributed by atoms with Gasteiger partial charge in [0.05, 0.1) is 0 Å². The molecule has 142 valence electrons. The third-order valence-corrected chi connectivity index (χ3v) is 4.86. The van der Waals surface area contributed by atoms with Crippen LogP contribution in [-0.2, 0) is 11.3 Å². The first kappa shape index (κ1) is 19.0. The van der Waals surface area contributed by atoms with Crippen molar-refractivity contribution in [3.63, 3.8) is 0 Å². The highest BCUT2D eigenvalue weighted by atomic mass is 35.5. The predicted molar refractivity (Wildman–Crippen MR) is 108 cm³/mol. The molecule has 0 aromatic heterocycles. The second-order valence-electron chi connectivity index (χ2n) is 6.46. The van der Waals surface area contributed by atoms with Crippen molar-refractivity contribution in [3.8, 4) is 0 Å². The highest BCUT2D eigenvalue weighted by molar-refractivity contribution is 6.31. The fraction of sp³-hybridized carbons (Fsp3) is 0.300. The Bertz CT molecular complexity index is 819. The lowest BCUT2D eigenvalue weighted by atomic mass is 10.2. The number of halogens is 1. The summed E-state index contributed by atoms with van der Waals surface area (Å²) in [6.45, 7) is 4.66. The van der Waals surface area contributed by atoms with Gasteiger partial charge in [0.2, 0.25) is 5.91 Å². The first-order valence-corrected chi connectivity index (χ1v) is 9.29. The molecule has 1 aliphatic rings. The number of urea groups is 1. The van der Waals surface area contributed by atoms with E-state index in [-0.39, 0.29) is 11.9 Å². The summed E-state index contributed by atoms with van der Waals surface area (Å²) in [5.41, 5.74) is 2.72. The molecule has 0 saturated carbocycles. The lowest BCUT2D eigenvalue weighted by molar-refractivity contribution is -0.114. The van der Waals surface area contributed by atoms with Crippen LogP contribution >= 0.6 is 11.6 Å². The highest BCUT2D eigenvalue weighted by Crippen LogP contribution is 2.21. The van der Waals surface area contributed by atoms with Gasteiger partial charge >= 0.3 is 6.03 Å². The third kappa shape index (κ3) is 5.14. The van der Waals surface area contributed by atoms with Gasteiger partial charge in [-0.1, -0.05) is 35.9 Å². The quantitative estimate of drug-likeness (QED) is 0.847. The smallest absolute Gasteiger partial charge is 0.317 e. The minimum absolute atomic E-state index is 0.0819. The predicted octanol–water partition coefficient (Wildman–Crippen LogP) is 3.33. The molecule has 1 aliphatic heterocycles. The van der Waals surface area contributed by atoms with Crippen molar-refractivity contribution in [1.82, 2.24) is 10.2 Å². The topological polar surface area (TPSA) is 64.7 Å². The van der Waals surface area contributed by atoms with Crippen LogP contribution in [0.25, 0.3) is 0 Å². The molecular weight excluding hydrogens is 364 g/mol. The van der Waals surface area contributed by atoms with Gasteiger partial charge in [-0.25, -0.2) is 4.79 Å². The van der Waals surface area contributed by atoms with Crippen LogP contribution in [0.2, 0.25) is 5.02 Å². The second-order valence-corrected chi connectivity index (χ2v) is 6.86. The van der Waals surface area contributed by atoms with Gasteiger partial charge in [-0.15, -0.1) is 0 Å². The molecule has 0 aliphatic carbocycles. The van der Waals surface area contributed by atoms with E-state index in [2.05, 4.69) is 15.5 Å². The van der Waals surface area contributed by atoms with Crippen LogP contribution in [0.15, 0.2) is 48.5 Å². The molecular formula is C20H23ClN4O2. The largest absolute Gasteiger partial charge is 0.368 e. The van der Waals surface area contributed by atoms with E-state index >= 15 is 0 Å². The monoisotopic (exact) mass is 386 g/mol. The maximum Gasteiger partial charge on any atom is 0.317 e. The number of nitrogens with zero attached hydrogens (tertiary/aromatic N) is 2. The first-order valence-electron chi connectivity index (χ1n) is 8.92. The van der Waals surface area contributed by atoms with E-state index in [0.29, 0.717) is 24.7 Å². The number of hydrogen-bond acceptors (Lipinski definition) is 3. The molecule has 1 fully saturated rings. The summed E-state index contributed by atoms with van der Waals surface area (Å²) in [5, 5.41) is 6.38. The van der Waals surface area contributed by atoms with Gasteiger partial charge in [0.1, 0.15) is 0 Å². The van der Waals surface area contributed by atoms with Crippen molar-refractivity contribution in [3.05, 3.63) is 59.1 Å². The molecule has 6 nitrogen and oxygen atoms in total. The molecule has 0 atom stereocenters. The van der Waals surface area contributed by atoms with Crippen LogP contribution in [-0.4, -0.2) is 43.0 Å². The Morgan fingerprint density at radius 1 is 1.04 bits per heavy atom. The average Bonchev–Trinajstić information content (AvgIpc) is 2.67. The lowest BCUT2D eigenvalue weighted by Crippen LogP contribution is -2.51. The van der Waals surface area contributed by atoms with Crippen LogP contribution < -0.4 is 15.5 Å². The summed E-state index contributed by atoms with van der Waals surface area (Å²) in [6.07, 6.45) is 0. The molecule has 7 heteroatoms. The van der Waals surface area contributed by atoms with Crippen molar-refractivity contribution in [2.45, 2.75) is 13.5 Å². The standard InChI is InChI=1S/C20H23ClN4O2/c1-15(26)23-17-6-4-7-18(13-17)24-9-11-25(12-10-24)20(27)22-14-16-5-2-3-8-19(16)21/h2-8,13H,9-12,14H2,1H3,(H,22,27)(H,23,26). The summed E-state index contributed by atoms with van der Waals surface area (Å²) in [6, 6.07) is 15.2. The second kappa shape index (κ2) is 8.77. The maximum atomic E-state index is 12.4. The van der Waals surface area contributed by atoms with Gasteiger partial charge in [0, 0.05) is 56.0 Å². The van der Waals surface area contributed by atoms with Gasteiger partial charge < -0.3 is 20.4 Å². The van der Waals surface area contributed by atoms with Crippen molar-refractivity contribution in [1.29, 1.82) is 0 Å². The van der Waals surface area contributed by atoms with Gasteiger partial charge in [0.25, 0.3) is 0 Å². The van der Waals surface area contributed by atoms with Crippen LogP contribution in [0.4, 0.5) is 16.2 Å². The number of rotatable bonds is 4. The number of piperazine rings is 1. The summed E-state index contributed by atoms with van der Waals surface area (Å²) in [5.74, 6) is -0.0906. The summed E-state index contributed by atoms with van der Waals surface area (Å²) in [4.78, 5) is 27.6. The Morgan fingerprint density at radius 3 is 2.48 bits per heavy atom. The number of amides is 3. The molecule has 0 radical (unpaired) electrons. The zero-order valence-electron chi connectivity index (χ0n) is 15.2. The van der Waals surface area contributed by atoms with Crippen molar-refractivity contribution in [2.75, 3.05) is 36.4 Å². The third-order valence-electron chi connectivity index (χ3n) is 4.49. The minimum atomic E-state index is -0.0906. The normalized spacial score (nSPS) is 14.0. The van der Waals surface area contributed by atoms with Crippen LogP contribution in [0.1, 0.15) is 12.5 Å². The Morgan fingerprint density at radius 2 is 1.78 bits per heavy atom. The van der Waals surface area contributed by atoms with E-state index in [0.717, 1.165) is 30.0 Å². The molecule has 0 unspecified atom stereocenters. The summed E-state index contributed by atoms with van der Waals surface area (Å²) in [7, 11) is 0. The number of anilines is 2. The molecule has 3 rings (SSSR count). The van der Waals surface area contributed by atoms with E-state index in [1.807, 2.05) is 53.4 Å². The molecule has 1 heterocycles. The van der Waals surface area contributed by atoms with Crippen LogP contribution in [0, 0.1) is 0 Å². The van der Waals surface area contributed by atoms with Gasteiger partial charge in [-0.2, -0.15) is 0 Å².